The maximum Gasteiger partial charge on any atom is 0.0622 e. The first-order valence-corrected chi connectivity index (χ1v) is 7.05. The Labute approximate surface area is 119 Å². The molecule has 0 aliphatic carbocycles. The third-order valence-corrected chi connectivity index (χ3v) is 3.46. The number of rotatable bonds is 6. The van der Waals surface area contributed by atoms with Crippen LogP contribution in [0, 0.1) is 0 Å². The van der Waals surface area contributed by atoms with Gasteiger partial charge in [-0.1, -0.05) is 48.9 Å². The molecule has 2 nitrogen and oxygen atoms in total. The third kappa shape index (κ3) is 4.05. The van der Waals surface area contributed by atoms with Crippen molar-refractivity contribution in [3.8, 4) is 0 Å². The van der Waals surface area contributed by atoms with Crippen LogP contribution < -0.4 is 5.32 Å². The normalized spacial score (nSPS) is 12.3. The Kier molecular flexibility index (Phi) is 5.37. The van der Waals surface area contributed by atoms with Crippen LogP contribution in [0.4, 0.5) is 0 Å². The molecule has 0 aliphatic heterocycles. The minimum absolute atomic E-state index is 0.293. The van der Waals surface area contributed by atoms with Gasteiger partial charge in [0.2, 0.25) is 0 Å². The Balaban J connectivity index is 2.17. The fourth-order valence-corrected chi connectivity index (χ4v) is 2.30. The van der Waals surface area contributed by atoms with Crippen molar-refractivity contribution in [2.75, 3.05) is 6.54 Å². The molecule has 2 rings (SSSR count). The maximum absolute atomic E-state index is 6.20. The Morgan fingerprint density at radius 1 is 1.21 bits per heavy atom. The lowest BCUT2D eigenvalue weighted by atomic mass is 9.99. The van der Waals surface area contributed by atoms with Gasteiger partial charge in [-0.05, 0) is 36.6 Å². The Morgan fingerprint density at radius 2 is 2.00 bits per heavy atom. The molecule has 1 atom stereocenters. The summed E-state index contributed by atoms with van der Waals surface area (Å²) in [6, 6.07) is 12.8. The quantitative estimate of drug-likeness (QED) is 0.861. The summed E-state index contributed by atoms with van der Waals surface area (Å²) in [5.74, 6) is 0. The maximum atomic E-state index is 6.20. The minimum Gasteiger partial charge on any atom is -0.310 e. The number of nitrogens with zero attached hydrogens (tertiary/aromatic N) is 1. The minimum atomic E-state index is 0.293. The highest BCUT2D eigenvalue weighted by Crippen LogP contribution is 2.22. The number of hydrogen-bond donors (Lipinski definition) is 1. The van der Waals surface area contributed by atoms with E-state index in [0.29, 0.717) is 6.04 Å². The zero-order chi connectivity index (χ0) is 13.5. The Morgan fingerprint density at radius 3 is 2.68 bits per heavy atom. The van der Waals surface area contributed by atoms with Crippen molar-refractivity contribution in [3.05, 3.63) is 64.9 Å². The number of halogens is 1. The molecule has 0 aliphatic rings. The van der Waals surface area contributed by atoms with Gasteiger partial charge in [0.25, 0.3) is 0 Å². The number of hydrogen-bond acceptors (Lipinski definition) is 2. The molecule has 0 fully saturated rings. The molecule has 3 heteroatoms. The molecule has 1 unspecified atom stereocenters. The van der Waals surface area contributed by atoms with E-state index in [0.717, 1.165) is 30.0 Å². The standard InChI is InChI=1S/C16H19ClN2/c1-2-9-19-16(13-6-4-3-5-7-13)11-14-8-10-18-12-15(14)17/h3-8,10,12,16,19H,2,9,11H2,1H3. The van der Waals surface area contributed by atoms with Crippen LogP contribution in [-0.2, 0) is 6.42 Å². The lowest BCUT2D eigenvalue weighted by Crippen LogP contribution is -2.24. The summed E-state index contributed by atoms with van der Waals surface area (Å²) in [6.07, 6.45) is 5.50. The first-order chi connectivity index (χ1) is 9.31. The van der Waals surface area contributed by atoms with E-state index in [4.69, 9.17) is 11.6 Å². The molecule has 1 aromatic heterocycles. The monoisotopic (exact) mass is 274 g/mol. The molecule has 0 bridgehead atoms. The highest BCUT2D eigenvalue weighted by atomic mass is 35.5. The van der Waals surface area contributed by atoms with Crippen LogP contribution in [0.2, 0.25) is 5.02 Å². The summed E-state index contributed by atoms with van der Waals surface area (Å²) in [5, 5.41) is 4.32. The number of nitrogens with one attached hydrogen (secondary N) is 1. The van der Waals surface area contributed by atoms with Crippen molar-refractivity contribution in [3.63, 3.8) is 0 Å². The fraction of sp³-hybridized carbons (Fsp3) is 0.312. The zero-order valence-corrected chi connectivity index (χ0v) is 11.9. The predicted molar refractivity (Wildman–Crippen MR) is 80.4 cm³/mol. The van der Waals surface area contributed by atoms with E-state index < -0.39 is 0 Å². The zero-order valence-electron chi connectivity index (χ0n) is 11.1. The van der Waals surface area contributed by atoms with Gasteiger partial charge in [-0.15, -0.1) is 0 Å². The van der Waals surface area contributed by atoms with E-state index in [2.05, 4.69) is 41.5 Å². The number of aromatic nitrogens is 1. The number of pyridine rings is 1. The van der Waals surface area contributed by atoms with Gasteiger partial charge in [0.1, 0.15) is 0 Å². The van der Waals surface area contributed by atoms with E-state index in [1.807, 2.05) is 12.1 Å². The van der Waals surface area contributed by atoms with Crippen molar-refractivity contribution >= 4 is 11.6 Å². The van der Waals surface area contributed by atoms with Gasteiger partial charge in [0, 0.05) is 18.4 Å². The molecule has 0 amide bonds. The van der Waals surface area contributed by atoms with Crippen LogP contribution in [0.3, 0.4) is 0 Å². The molecular weight excluding hydrogens is 256 g/mol. The van der Waals surface area contributed by atoms with Crippen molar-refractivity contribution < 1.29 is 0 Å². The third-order valence-electron chi connectivity index (χ3n) is 3.12. The SMILES string of the molecule is CCCNC(Cc1ccncc1Cl)c1ccccc1. The second-order valence-corrected chi connectivity index (χ2v) is 5.00. The molecule has 0 spiro atoms. The van der Waals surface area contributed by atoms with Crippen molar-refractivity contribution in [1.29, 1.82) is 0 Å². The van der Waals surface area contributed by atoms with E-state index in [9.17, 15) is 0 Å². The summed E-state index contributed by atoms with van der Waals surface area (Å²) < 4.78 is 0. The molecule has 1 aromatic carbocycles. The first kappa shape index (κ1) is 14.0. The van der Waals surface area contributed by atoms with Gasteiger partial charge in [0.15, 0.2) is 0 Å². The van der Waals surface area contributed by atoms with E-state index in [1.165, 1.54) is 5.56 Å². The second kappa shape index (κ2) is 7.27. The first-order valence-electron chi connectivity index (χ1n) is 6.68. The molecule has 0 radical (unpaired) electrons. The molecule has 100 valence electrons. The van der Waals surface area contributed by atoms with Gasteiger partial charge < -0.3 is 5.32 Å². The average Bonchev–Trinajstić information content (AvgIpc) is 2.46. The summed E-state index contributed by atoms with van der Waals surface area (Å²) in [6.45, 7) is 3.18. The van der Waals surface area contributed by atoms with Crippen LogP contribution in [-0.4, -0.2) is 11.5 Å². The topological polar surface area (TPSA) is 24.9 Å². The largest absolute Gasteiger partial charge is 0.310 e. The Hall–Kier alpha value is -1.38. The van der Waals surface area contributed by atoms with Crippen LogP contribution >= 0.6 is 11.6 Å². The van der Waals surface area contributed by atoms with Gasteiger partial charge in [-0.25, -0.2) is 0 Å². The summed E-state index contributed by atoms with van der Waals surface area (Å²) in [4.78, 5) is 4.03. The van der Waals surface area contributed by atoms with Crippen LogP contribution in [0.15, 0.2) is 48.8 Å². The van der Waals surface area contributed by atoms with Crippen LogP contribution in [0.25, 0.3) is 0 Å². The fourth-order valence-electron chi connectivity index (χ4n) is 2.10. The van der Waals surface area contributed by atoms with E-state index in [1.54, 1.807) is 12.4 Å². The van der Waals surface area contributed by atoms with Crippen molar-refractivity contribution in [2.24, 2.45) is 0 Å². The smallest absolute Gasteiger partial charge is 0.0622 e. The van der Waals surface area contributed by atoms with Gasteiger partial charge in [-0.2, -0.15) is 0 Å². The number of benzene rings is 1. The summed E-state index contributed by atoms with van der Waals surface area (Å²) in [7, 11) is 0. The van der Waals surface area contributed by atoms with E-state index in [-0.39, 0.29) is 0 Å². The second-order valence-electron chi connectivity index (χ2n) is 4.59. The molecule has 1 heterocycles. The Bertz CT molecular complexity index is 499. The molecule has 0 saturated heterocycles. The predicted octanol–water partition coefficient (Wildman–Crippen LogP) is 4.02. The van der Waals surface area contributed by atoms with Gasteiger partial charge >= 0.3 is 0 Å². The summed E-state index contributed by atoms with van der Waals surface area (Å²) in [5.41, 5.74) is 2.43. The molecule has 1 N–H and O–H groups in total. The molecule has 0 saturated carbocycles. The molecule has 19 heavy (non-hydrogen) atoms. The lowest BCUT2D eigenvalue weighted by molar-refractivity contribution is 0.529. The van der Waals surface area contributed by atoms with Gasteiger partial charge in [0.05, 0.1) is 5.02 Å². The average molecular weight is 275 g/mol. The van der Waals surface area contributed by atoms with Crippen molar-refractivity contribution in [2.45, 2.75) is 25.8 Å². The highest BCUT2D eigenvalue weighted by Gasteiger charge is 2.12. The van der Waals surface area contributed by atoms with E-state index >= 15 is 0 Å². The lowest BCUT2D eigenvalue weighted by Gasteiger charge is -2.19. The van der Waals surface area contributed by atoms with Crippen molar-refractivity contribution in [1.82, 2.24) is 10.3 Å². The summed E-state index contributed by atoms with van der Waals surface area (Å²) >= 11 is 6.20. The van der Waals surface area contributed by atoms with Crippen LogP contribution in [0.5, 0.6) is 0 Å². The highest BCUT2D eigenvalue weighted by molar-refractivity contribution is 6.31. The molecule has 2 aromatic rings. The van der Waals surface area contributed by atoms with Gasteiger partial charge in [-0.3, -0.25) is 4.98 Å². The molecular formula is C16H19ClN2. The van der Waals surface area contributed by atoms with Crippen LogP contribution in [0.1, 0.15) is 30.5 Å².